The van der Waals surface area contributed by atoms with Crippen molar-refractivity contribution >= 4 is 11.6 Å². The Morgan fingerprint density at radius 3 is 2.86 bits per heavy atom. The minimum atomic E-state index is -0.0731. The lowest BCUT2D eigenvalue weighted by Crippen LogP contribution is -2.31. The van der Waals surface area contributed by atoms with Gasteiger partial charge < -0.3 is 14.7 Å². The van der Waals surface area contributed by atoms with E-state index in [0.29, 0.717) is 24.3 Å². The number of phenolic OH excluding ortho intramolecular Hbond substituents is 1. The third-order valence-electron chi connectivity index (χ3n) is 3.63. The predicted molar refractivity (Wildman–Crippen MR) is 81.1 cm³/mol. The fraction of sp³-hybridized carbons (Fsp3) is 0.235. The van der Waals surface area contributed by atoms with Gasteiger partial charge in [-0.05, 0) is 49.2 Å². The number of rotatable bonds is 1. The number of hydrogen-bond donors (Lipinski definition) is 1. The molecular weight excluding hydrogens is 266 g/mol. The number of amides is 1. The van der Waals surface area contributed by atoms with Crippen molar-refractivity contribution in [1.82, 2.24) is 0 Å². The van der Waals surface area contributed by atoms with Crippen molar-refractivity contribution in [3.05, 3.63) is 53.6 Å². The number of phenols is 1. The number of carbonyl (C=O) groups excluding carboxylic acids is 1. The summed E-state index contributed by atoms with van der Waals surface area (Å²) in [5.74, 6) is 0.862. The van der Waals surface area contributed by atoms with Crippen LogP contribution in [-0.4, -0.2) is 24.2 Å². The summed E-state index contributed by atoms with van der Waals surface area (Å²) < 4.78 is 5.67. The number of carbonyl (C=O) groups is 1. The van der Waals surface area contributed by atoms with E-state index in [1.54, 1.807) is 30.0 Å². The summed E-state index contributed by atoms with van der Waals surface area (Å²) in [6, 6.07) is 12.5. The van der Waals surface area contributed by atoms with E-state index in [4.69, 9.17) is 4.74 Å². The molecule has 2 aromatic carbocycles. The summed E-state index contributed by atoms with van der Waals surface area (Å²) in [4.78, 5) is 14.5. The molecule has 0 aromatic heterocycles. The molecule has 1 N–H and O–H groups in total. The lowest BCUT2D eigenvalue weighted by molar-refractivity contribution is 0.0987. The molecule has 0 unspecified atom stereocenters. The van der Waals surface area contributed by atoms with Crippen molar-refractivity contribution in [2.75, 3.05) is 18.1 Å². The lowest BCUT2D eigenvalue weighted by atomic mass is 10.1. The average Bonchev–Trinajstić information content (AvgIpc) is 2.71. The Balaban J connectivity index is 1.99. The summed E-state index contributed by atoms with van der Waals surface area (Å²) in [6.07, 6.45) is 0.789. The van der Waals surface area contributed by atoms with E-state index in [9.17, 15) is 9.90 Å². The molecule has 1 amide bonds. The summed E-state index contributed by atoms with van der Waals surface area (Å²) in [6.45, 7) is 3.01. The molecule has 0 spiro atoms. The first-order valence-electron chi connectivity index (χ1n) is 7.00. The Kier molecular flexibility index (Phi) is 3.52. The molecule has 21 heavy (non-hydrogen) atoms. The summed E-state index contributed by atoms with van der Waals surface area (Å²) in [5, 5.41) is 9.59. The van der Waals surface area contributed by atoms with Crippen LogP contribution in [0.25, 0.3) is 0 Å². The second-order valence-corrected chi connectivity index (χ2v) is 5.13. The van der Waals surface area contributed by atoms with Gasteiger partial charge in [0, 0.05) is 12.1 Å². The van der Waals surface area contributed by atoms with Gasteiger partial charge in [-0.1, -0.05) is 12.1 Å². The van der Waals surface area contributed by atoms with Crippen molar-refractivity contribution in [1.29, 1.82) is 0 Å². The Morgan fingerprint density at radius 1 is 1.24 bits per heavy atom. The van der Waals surface area contributed by atoms with E-state index in [0.717, 1.165) is 17.9 Å². The molecule has 1 heterocycles. The number of anilines is 1. The fourth-order valence-electron chi connectivity index (χ4n) is 2.48. The normalized spacial score (nSPS) is 14.0. The molecule has 3 rings (SSSR count). The van der Waals surface area contributed by atoms with E-state index >= 15 is 0 Å². The van der Waals surface area contributed by atoms with Gasteiger partial charge in [-0.3, -0.25) is 4.79 Å². The maximum atomic E-state index is 12.8. The fourth-order valence-corrected chi connectivity index (χ4v) is 2.48. The second-order valence-electron chi connectivity index (χ2n) is 5.13. The van der Waals surface area contributed by atoms with Crippen molar-refractivity contribution < 1.29 is 14.6 Å². The van der Waals surface area contributed by atoms with Crippen LogP contribution in [0.15, 0.2) is 42.5 Å². The molecule has 2 aromatic rings. The molecule has 4 heteroatoms. The highest BCUT2D eigenvalue weighted by Crippen LogP contribution is 2.32. The number of para-hydroxylation sites is 2. The monoisotopic (exact) mass is 283 g/mol. The SMILES string of the molecule is Cc1cc(C(=O)N2CCCOc3ccccc32)ccc1O. The Morgan fingerprint density at radius 2 is 2.05 bits per heavy atom. The Labute approximate surface area is 123 Å². The third kappa shape index (κ3) is 2.57. The molecule has 0 radical (unpaired) electrons. The Bertz CT molecular complexity index is 681. The maximum absolute atomic E-state index is 12.8. The first-order chi connectivity index (χ1) is 10.2. The molecule has 0 saturated carbocycles. The standard InChI is InChI=1S/C17H17NO3/c1-12-11-13(7-8-15(12)19)17(20)18-9-4-10-21-16-6-3-2-5-14(16)18/h2-3,5-8,11,19H,4,9-10H2,1H3. The molecule has 1 aliphatic heterocycles. The van der Waals surface area contributed by atoms with E-state index in [1.165, 1.54) is 0 Å². The van der Waals surface area contributed by atoms with Crippen molar-refractivity contribution in [2.24, 2.45) is 0 Å². The van der Waals surface area contributed by atoms with Gasteiger partial charge in [0.2, 0.25) is 0 Å². The topological polar surface area (TPSA) is 49.8 Å². The van der Waals surface area contributed by atoms with E-state index in [2.05, 4.69) is 0 Å². The highest BCUT2D eigenvalue weighted by molar-refractivity contribution is 6.07. The smallest absolute Gasteiger partial charge is 0.258 e. The highest BCUT2D eigenvalue weighted by Gasteiger charge is 2.23. The van der Waals surface area contributed by atoms with Gasteiger partial charge >= 0.3 is 0 Å². The average molecular weight is 283 g/mol. The molecule has 0 aliphatic carbocycles. The van der Waals surface area contributed by atoms with Gasteiger partial charge in [-0.15, -0.1) is 0 Å². The van der Waals surface area contributed by atoms with Crippen LogP contribution in [0.3, 0.4) is 0 Å². The second kappa shape index (κ2) is 5.48. The number of benzene rings is 2. The molecule has 0 fully saturated rings. The quantitative estimate of drug-likeness (QED) is 0.874. The number of fused-ring (bicyclic) bond motifs is 1. The van der Waals surface area contributed by atoms with Crippen LogP contribution in [0.5, 0.6) is 11.5 Å². The molecule has 4 nitrogen and oxygen atoms in total. The Hall–Kier alpha value is -2.49. The van der Waals surface area contributed by atoms with Crippen LogP contribution in [0.1, 0.15) is 22.3 Å². The van der Waals surface area contributed by atoms with Gasteiger partial charge in [0.15, 0.2) is 0 Å². The van der Waals surface area contributed by atoms with Crippen LogP contribution in [0.4, 0.5) is 5.69 Å². The summed E-state index contributed by atoms with van der Waals surface area (Å²) in [5.41, 5.74) is 2.06. The maximum Gasteiger partial charge on any atom is 0.258 e. The zero-order valence-electron chi connectivity index (χ0n) is 11.9. The van der Waals surface area contributed by atoms with Gasteiger partial charge in [0.05, 0.1) is 12.3 Å². The van der Waals surface area contributed by atoms with Crippen LogP contribution < -0.4 is 9.64 Å². The van der Waals surface area contributed by atoms with E-state index in [1.807, 2.05) is 24.3 Å². The lowest BCUT2D eigenvalue weighted by Gasteiger charge is -2.22. The van der Waals surface area contributed by atoms with Gasteiger partial charge in [-0.25, -0.2) is 0 Å². The van der Waals surface area contributed by atoms with Crippen LogP contribution in [0.2, 0.25) is 0 Å². The number of aromatic hydroxyl groups is 1. The predicted octanol–water partition coefficient (Wildman–Crippen LogP) is 3.13. The summed E-state index contributed by atoms with van der Waals surface area (Å²) >= 11 is 0. The highest BCUT2D eigenvalue weighted by atomic mass is 16.5. The van der Waals surface area contributed by atoms with Crippen LogP contribution >= 0.6 is 0 Å². The molecule has 0 bridgehead atoms. The summed E-state index contributed by atoms with van der Waals surface area (Å²) in [7, 11) is 0. The number of hydrogen-bond acceptors (Lipinski definition) is 3. The zero-order valence-corrected chi connectivity index (χ0v) is 11.9. The van der Waals surface area contributed by atoms with Gasteiger partial charge in [0.1, 0.15) is 11.5 Å². The number of nitrogens with zero attached hydrogens (tertiary/aromatic N) is 1. The van der Waals surface area contributed by atoms with Gasteiger partial charge in [0.25, 0.3) is 5.91 Å². The number of ether oxygens (including phenoxy) is 1. The van der Waals surface area contributed by atoms with Crippen molar-refractivity contribution in [2.45, 2.75) is 13.3 Å². The molecule has 1 aliphatic rings. The third-order valence-corrected chi connectivity index (χ3v) is 3.63. The molecule has 0 atom stereocenters. The van der Waals surface area contributed by atoms with Crippen molar-refractivity contribution in [3.63, 3.8) is 0 Å². The largest absolute Gasteiger partial charge is 0.508 e. The number of aryl methyl sites for hydroxylation is 1. The van der Waals surface area contributed by atoms with Crippen molar-refractivity contribution in [3.8, 4) is 11.5 Å². The van der Waals surface area contributed by atoms with E-state index < -0.39 is 0 Å². The zero-order chi connectivity index (χ0) is 14.8. The molecular formula is C17H17NO3. The molecule has 108 valence electrons. The first kappa shape index (κ1) is 13.5. The first-order valence-corrected chi connectivity index (χ1v) is 7.00. The molecule has 0 saturated heterocycles. The van der Waals surface area contributed by atoms with Gasteiger partial charge in [-0.2, -0.15) is 0 Å². The van der Waals surface area contributed by atoms with Crippen LogP contribution in [-0.2, 0) is 0 Å². The minimum Gasteiger partial charge on any atom is -0.508 e. The van der Waals surface area contributed by atoms with Crippen LogP contribution in [0, 0.1) is 6.92 Å². The minimum absolute atomic E-state index is 0.0731. The van der Waals surface area contributed by atoms with E-state index in [-0.39, 0.29) is 11.7 Å².